The summed E-state index contributed by atoms with van der Waals surface area (Å²) >= 11 is 5.71. The van der Waals surface area contributed by atoms with Crippen molar-refractivity contribution in [1.29, 1.82) is 0 Å². The van der Waals surface area contributed by atoms with E-state index in [4.69, 9.17) is 16.7 Å². The summed E-state index contributed by atoms with van der Waals surface area (Å²) in [6.07, 6.45) is 1.28. The van der Waals surface area contributed by atoms with E-state index in [9.17, 15) is 0 Å². The third-order valence-electron chi connectivity index (χ3n) is 1.32. The minimum Gasteiger partial charge on any atom is -0.379 e. The Hall–Kier alpha value is 0.210. The van der Waals surface area contributed by atoms with Gasteiger partial charge in [-0.25, -0.2) is 0 Å². The number of hydrogen-bond acceptors (Lipinski definition) is 2. The number of nitrogens with one attached hydrogen (secondary N) is 1. The minimum absolute atomic E-state index is 0.172. The summed E-state index contributed by atoms with van der Waals surface area (Å²) in [7, 11) is 0. The molecular weight excluding hydrogens is 126 g/mol. The first-order valence-electron chi connectivity index (χ1n) is 2.84. The summed E-state index contributed by atoms with van der Waals surface area (Å²) in [5.41, 5.74) is 0. The molecule has 0 aromatic heterocycles. The molecule has 1 aliphatic rings. The van der Waals surface area contributed by atoms with Crippen LogP contribution in [0.1, 0.15) is 12.8 Å². The number of halogens is 1. The fourth-order valence-electron chi connectivity index (χ4n) is 0.850. The van der Waals surface area contributed by atoms with Gasteiger partial charge in [-0.3, -0.25) is 5.32 Å². The van der Waals surface area contributed by atoms with Gasteiger partial charge in [0.1, 0.15) is 6.23 Å². The molecule has 1 rings (SSSR count). The average Bonchev–Trinajstić information content (AvgIpc) is 1.64. The first-order valence-corrected chi connectivity index (χ1v) is 3.28. The van der Waals surface area contributed by atoms with Crippen molar-refractivity contribution in [2.75, 3.05) is 6.54 Å². The molecule has 2 N–H and O–H groups in total. The smallest absolute Gasteiger partial charge is 0.106 e. The molecule has 8 heavy (non-hydrogen) atoms. The summed E-state index contributed by atoms with van der Waals surface area (Å²) in [6.45, 7) is 0.843. The third kappa shape index (κ3) is 1.62. The molecule has 48 valence electrons. The van der Waals surface area contributed by atoms with Crippen LogP contribution in [0.2, 0.25) is 0 Å². The lowest BCUT2D eigenvalue weighted by Gasteiger charge is -2.21. The zero-order valence-corrected chi connectivity index (χ0v) is 5.36. The van der Waals surface area contributed by atoms with Crippen molar-refractivity contribution in [3.63, 3.8) is 0 Å². The van der Waals surface area contributed by atoms with Crippen LogP contribution < -0.4 is 5.32 Å². The number of aliphatic hydroxyl groups excluding tert-OH is 1. The molecule has 0 saturated carbocycles. The van der Waals surface area contributed by atoms with Gasteiger partial charge in [0.15, 0.2) is 0 Å². The van der Waals surface area contributed by atoms with Crippen LogP contribution in [-0.4, -0.2) is 23.3 Å². The Morgan fingerprint density at radius 3 is 2.75 bits per heavy atom. The van der Waals surface area contributed by atoms with E-state index in [1.54, 1.807) is 0 Å². The topological polar surface area (TPSA) is 32.3 Å². The molecule has 0 bridgehead atoms. The zero-order chi connectivity index (χ0) is 5.98. The maximum absolute atomic E-state index is 8.88. The largest absolute Gasteiger partial charge is 0.379 e. The fraction of sp³-hybridized carbons (Fsp3) is 1.00. The van der Waals surface area contributed by atoms with Crippen LogP contribution in [0, 0.1) is 0 Å². The molecule has 1 fully saturated rings. The zero-order valence-electron chi connectivity index (χ0n) is 4.60. The van der Waals surface area contributed by atoms with Gasteiger partial charge in [-0.05, 0) is 13.0 Å². The highest BCUT2D eigenvalue weighted by Crippen LogP contribution is 2.12. The van der Waals surface area contributed by atoms with Gasteiger partial charge >= 0.3 is 0 Å². The van der Waals surface area contributed by atoms with Crippen LogP contribution in [0.25, 0.3) is 0 Å². The number of rotatable bonds is 0. The monoisotopic (exact) mass is 135 g/mol. The average molecular weight is 136 g/mol. The maximum Gasteiger partial charge on any atom is 0.106 e. The van der Waals surface area contributed by atoms with Crippen LogP contribution in [0.3, 0.4) is 0 Å². The lowest BCUT2D eigenvalue weighted by molar-refractivity contribution is 0.109. The van der Waals surface area contributed by atoms with E-state index >= 15 is 0 Å². The molecule has 2 nitrogen and oxygen atoms in total. The first kappa shape index (κ1) is 6.33. The Kier molecular flexibility index (Phi) is 2.11. The SMILES string of the molecule is OC1CC(Cl)CCN1. The highest BCUT2D eigenvalue weighted by molar-refractivity contribution is 6.20. The summed E-state index contributed by atoms with van der Waals surface area (Å²) < 4.78 is 0. The van der Waals surface area contributed by atoms with Crippen molar-refractivity contribution in [2.24, 2.45) is 0 Å². The van der Waals surface area contributed by atoms with Gasteiger partial charge in [-0.2, -0.15) is 0 Å². The molecule has 1 heterocycles. The van der Waals surface area contributed by atoms with E-state index in [1.807, 2.05) is 0 Å². The van der Waals surface area contributed by atoms with Crippen LogP contribution in [-0.2, 0) is 0 Å². The van der Waals surface area contributed by atoms with E-state index in [0.29, 0.717) is 6.42 Å². The number of hydrogen-bond donors (Lipinski definition) is 2. The van der Waals surface area contributed by atoms with Crippen molar-refractivity contribution < 1.29 is 5.11 Å². The van der Waals surface area contributed by atoms with E-state index in [1.165, 1.54) is 0 Å². The molecule has 1 saturated heterocycles. The molecule has 0 radical (unpaired) electrons. The second-order valence-electron chi connectivity index (χ2n) is 2.09. The van der Waals surface area contributed by atoms with Gasteiger partial charge in [0.2, 0.25) is 0 Å². The highest BCUT2D eigenvalue weighted by Gasteiger charge is 2.15. The van der Waals surface area contributed by atoms with Crippen molar-refractivity contribution >= 4 is 11.6 Å². The second-order valence-corrected chi connectivity index (χ2v) is 2.71. The standard InChI is InChI=1S/C5H10ClNO/c6-4-1-2-7-5(8)3-4/h4-5,7-8H,1-3H2. The van der Waals surface area contributed by atoms with Crippen LogP contribution in [0.4, 0.5) is 0 Å². The number of piperidine rings is 1. The molecule has 0 aromatic rings. The molecule has 0 aliphatic carbocycles. The molecule has 0 amide bonds. The third-order valence-corrected chi connectivity index (χ3v) is 1.71. The summed E-state index contributed by atoms with van der Waals surface area (Å²) in [5.74, 6) is 0. The number of aliphatic hydroxyl groups is 1. The summed E-state index contributed by atoms with van der Waals surface area (Å²) in [4.78, 5) is 0. The first-order chi connectivity index (χ1) is 3.79. The van der Waals surface area contributed by atoms with Crippen LogP contribution in [0.5, 0.6) is 0 Å². The Balaban J connectivity index is 2.23. The van der Waals surface area contributed by atoms with Crippen molar-refractivity contribution in [3.8, 4) is 0 Å². The van der Waals surface area contributed by atoms with E-state index in [2.05, 4.69) is 5.32 Å². The van der Waals surface area contributed by atoms with E-state index < -0.39 is 0 Å². The Morgan fingerprint density at radius 1 is 1.62 bits per heavy atom. The van der Waals surface area contributed by atoms with Gasteiger partial charge in [0.05, 0.1) is 0 Å². The Labute approximate surface area is 53.8 Å². The van der Waals surface area contributed by atoms with E-state index in [-0.39, 0.29) is 11.6 Å². The molecule has 0 spiro atoms. The van der Waals surface area contributed by atoms with Crippen molar-refractivity contribution in [2.45, 2.75) is 24.4 Å². The van der Waals surface area contributed by atoms with Gasteiger partial charge in [-0.1, -0.05) is 0 Å². The van der Waals surface area contributed by atoms with Crippen LogP contribution in [0.15, 0.2) is 0 Å². The molecular formula is C5H10ClNO. The second kappa shape index (κ2) is 2.67. The van der Waals surface area contributed by atoms with Crippen molar-refractivity contribution in [3.05, 3.63) is 0 Å². The van der Waals surface area contributed by atoms with Gasteiger partial charge in [0.25, 0.3) is 0 Å². The Morgan fingerprint density at radius 2 is 2.38 bits per heavy atom. The van der Waals surface area contributed by atoms with Gasteiger partial charge in [0, 0.05) is 11.8 Å². The predicted octanol–water partition coefficient (Wildman–Crippen LogP) is 0.296. The quantitative estimate of drug-likeness (QED) is 0.468. The highest BCUT2D eigenvalue weighted by atomic mass is 35.5. The molecule has 2 atom stereocenters. The maximum atomic E-state index is 8.88. The molecule has 0 aromatic carbocycles. The van der Waals surface area contributed by atoms with Gasteiger partial charge < -0.3 is 5.11 Å². The molecule has 3 heteroatoms. The molecule has 1 aliphatic heterocycles. The van der Waals surface area contributed by atoms with Crippen LogP contribution >= 0.6 is 11.6 Å². The fourth-order valence-corrected chi connectivity index (χ4v) is 1.13. The van der Waals surface area contributed by atoms with Crippen molar-refractivity contribution in [1.82, 2.24) is 5.32 Å². The minimum atomic E-state index is -0.369. The summed E-state index contributed by atoms with van der Waals surface area (Å²) in [5, 5.41) is 11.9. The molecule has 2 unspecified atom stereocenters. The predicted molar refractivity (Wildman–Crippen MR) is 32.9 cm³/mol. The van der Waals surface area contributed by atoms with Gasteiger partial charge in [-0.15, -0.1) is 11.6 Å². The lowest BCUT2D eigenvalue weighted by atomic mass is 10.1. The lowest BCUT2D eigenvalue weighted by Crippen LogP contribution is -2.38. The normalized spacial score (nSPS) is 39.8. The number of alkyl halides is 1. The summed E-state index contributed by atoms with van der Waals surface area (Å²) in [6, 6.07) is 0. The Bertz CT molecular complexity index is 70.8. The van der Waals surface area contributed by atoms with E-state index in [0.717, 1.165) is 13.0 Å².